The lowest BCUT2D eigenvalue weighted by molar-refractivity contribution is -0.130. The van der Waals surface area contributed by atoms with Crippen LogP contribution in [0.3, 0.4) is 0 Å². The van der Waals surface area contributed by atoms with Crippen LogP contribution in [0.5, 0.6) is 0 Å². The molecule has 0 bridgehead atoms. The normalized spacial score (nSPS) is 15.7. The molecule has 2 rings (SSSR count). The largest absolute Gasteiger partial charge is 0.384 e. The Hall–Kier alpha value is -2.22. The summed E-state index contributed by atoms with van der Waals surface area (Å²) in [7, 11) is 1.52. The molecule has 2 amide bonds. The van der Waals surface area contributed by atoms with Crippen molar-refractivity contribution in [2.45, 2.75) is 6.61 Å². The van der Waals surface area contributed by atoms with Crippen molar-refractivity contribution in [2.75, 3.05) is 30.8 Å². The number of nitrogens with zero attached hydrogens (tertiary/aromatic N) is 3. The van der Waals surface area contributed by atoms with E-state index in [4.69, 9.17) is 10.5 Å². The van der Waals surface area contributed by atoms with Gasteiger partial charge in [0.05, 0.1) is 13.1 Å². The molecule has 0 spiro atoms. The Balaban J connectivity index is 2.26. The fourth-order valence-electron chi connectivity index (χ4n) is 1.66. The first-order valence-electron chi connectivity index (χ1n) is 5.28. The Kier molecular flexibility index (Phi) is 3.38. The summed E-state index contributed by atoms with van der Waals surface area (Å²) in [6, 6.07) is 1.52. The fourth-order valence-corrected chi connectivity index (χ4v) is 1.66. The topological polar surface area (TPSA) is 110 Å². The molecule has 0 aliphatic carbocycles. The number of methoxy groups -OCH3 is 1. The predicted octanol–water partition coefficient (Wildman–Crippen LogP) is -1.33. The third-order valence-electron chi connectivity index (χ3n) is 2.32. The van der Waals surface area contributed by atoms with Crippen LogP contribution in [-0.4, -0.2) is 42.0 Å². The highest BCUT2D eigenvalue weighted by Gasteiger charge is 2.24. The van der Waals surface area contributed by atoms with Crippen molar-refractivity contribution in [2.24, 2.45) is 0 Å². The van der Waals surface area contributed by atoms with Gasteiger partial charge in [-0.25, -0.2) is 9.97 Å². The van der Waals surface area contributed by atoms with E-state index in [1.165, 1.54) is 13.2 Å². The van der Waals surface area contributed by atoms with Gasteiger partial charge < -0.3 is 15.4 Å². The van der Waals surface area contributed by atoms with Crippen LogP contribution in [0.15, 0.2) is 6.07 Å². The number of piperazine rings is 1. The van der Waals surface area contributed by atoms with E-state index in [9.17, 15) is 9.59 Å². The van der Waals surface area contributed by atoms with Gasteiger partial charge in [-0.1, -0.05) is 0 Å². The number of nitrogens with one attached hydrogen (secondary N) is 1. The molecule has 2 heterocycles. The molecular weight excluding hydrogens is 238 g/mol. The Bertz CT molecular complexity index is 474. The second kappa shape index (κ2) is 4.96. The zero-order valence-corrected chi connectivity index (χ0v) is 9.84. The molecular formula is C10H13N5O3. The van der Waals surface area contributed by atoms with E-state index >= 15 is 0 Å². The van der Waals surface area contributed by atoms with Crippen LogP contribution in [0.2, 0.25) is 0 Å². The van der Waals surface area contributed by atoms with Crippen LogP contribution in [0.25, 0.3) is 0 Å². The van der Waals surface area contributed by atoms with Crippen LogP contribution < -0.4 is 16.0 Å². The minimum Gasteiger partial charge on any atom is -0.384 e. The molecule has 1 saturated heterocycles. The molecule has 0 radical (unpaired) electrons. The standard InChI is InChI=1S/C10H13N5O3/c1-18-5-7-12-6(11)2-8(13-7)15-3-9(16)14-10(17)4-15/h2H,3-5H2,1H3,(H2,11,12,13)(H,14,16,17). The highest BCUT2D eigenvalue weighted by molar-refractivity contribution is 6.02. The molecule has 1 aromatic rings. The van der Waals surface area contributed by atoms with Crippen LogP contribution >= 0.6 is 0 Å². The number of anilines is 2. The maximum absolute atomic E-state index is 11.3. The highest BCUT2D eigenvalue weighted by Crippen LogP contribution is 2.15. The number of amides is 2. The average molecular weight is 251 g/mol. The van der Waals surface area contributed by atoms with Gasteiger partial charge in [0.2, 0.25) is 11.8 Å². The molecule has 1 aliphatic heterocycles. The van der Waals surface area contributed by atoms with E-state index in [0.29, 0.717) is 11.6 Å². The summed E-state index contributed by atoms with van der Waals surface area (Å²) in [5, 5.41) is 2.21. The number of rotatable bonds is 3. The Morgan fingerprint density at radius 2 is 2.06 bits per heavy atom. The number of carbonyl (C=O) groups is 2. The second-order valence-electron chi connectivity index (χ2n) is 3.83. The number of nitrogens with two attached hydrogens (primary N) is 1. The number of ether oxygens (including phenoxy) is 1. The van der Waals surface area contributed by atoms with Gasteiger partial charge in [-0.2, -0.15) is 0 Å². The predicted molar refractivity (Wildman–Crippen MR) is 62.5 cm³/mol. The monoisotopic (exact) mass is 251 g/mol. The van der Waals surface area contributed by atoms with Gasteiger partial charge in [0.1, 0.15) is 18.2 Å². The van der Waals surface area contributed by atoms with Gasteiger partial charge in [-0.05, 0) is 0 Å². The summed E-state index contributed by atoms with van der Waals surface area (Å²) in [6.07, 6.45) is 0. The van der Waals surface area contributed by atoms with Gasteiger partial charge in [0.15, 0.2) is 5.82 Å². The van der Waals surface area contributed by atoms with E-state index in [2.05, 4.69) is 15.3 Å². The molecule has 0 unspecified atom stereocenters. The van der Waals surface area contributed by atoms with E-state index in [0.717, 1.165) is 0 Å². The van der Waals surface area contributed by atoms with Crippen LogP contribution in [-0.2, 0) is 20.9 Å². The first-order chi connectivity index (χ1) is 8.58. The minimum atomic E-state index is -0.364. The van der Waals surface area contributed by atoms with Crippen molar-refractivity contribution >= 4 is 23.5 Å². The molecule has 8 heteroatoms. The minimum absolute atomic E-state index is 0.0641. The van der Waals surface area contributed by atoms with E-state index in [-0.39, 0.29) is 37.3 Å². The number of aromatic nitrogens is 2. The lowest BCUT2D eigenvalue weighted by Crippen LogP contribution is -2.51. The van der Waals surface area contributed by atoms with Gasteiger partial charge in [0, 0.05) is 13.2 Å². The quantitative estimate of drug-likeness (QED) is 0.640. The third-order valence-corrected chi connectivity index (χ3v) is 2.32. The van der Waals surface area contributed by atoms with Gasteiger partial charge in [-0.15, -0.1) is 0 Å². The van der Waals surface area contributed by atoms with E-state index in [1.54, 1.807) is 4.90 Å². The molecule has 1 aliphatic rings. The first kappa shape index (κ1) is 12.2. The Labute approximate surface area is 103 Å². The third kappa shape index (κ3) is 2.72. The van der Waals surface area contributed by atoms with Gasteiger partial charge in [0.25, 0.3) is 0 Å². The fraction of sp³-hybridized carbons (Fsp3) is 0.400. The SMILES string of the molecule is COCc1nc(N)cc(N2CC(=O)NC(=O)C2)n1. The van der Waals surface area contributed by atoms with Crippen molar-refractivity contribution in [3.63, 3.8) is 0 Å². The zero-order valence-electron chi connectivity index (χ0n) is 9.84. The number of hydrogen-bond donors (Lipinski definition) is 2. The van der Waals surface area contributed by atoms with Crippen LogP contribution in [0.4, 0.5) is 11.6 Å². The van der Waals surface area contributed by atoms with Crippen molar-refractivity contribution in [1.29, 1.82) is 0 Å². The Morgan fingerprint density at radius 1 is 1.39 bits per heavy atom. The molecule has 0 aromatic carbocycles. The zero-order chi connectivity index (χ0) is 13.1. The molecule has 18 heavy (non-hydrogen) atoms. The lowest BCUT2D eigenvalue weighted by Gasteiger charge is -2.26. The second-order valence-corrected chi connectivity index (χ2v) is 3.83. The number of nitrogen functional groups attached to an aromatic ring is 1. The Morgan fingerprint density at radius 3 is 2.67 bits per heavy atom. The summed E-state index contributed by atoms with van der Waals surface area (Å²) < 4.78 is 4.92. The van der Waals surface area contributed by atoms with Gasteiger partial charge in [-0.3, -0.25) is 14.9 Å². The lowest BCUT2D eigenvalue weighted by atomic mass is 10.3. The highest BCUT2D eigenvalue weighted by atomic mass is 16.5. The molecule has 0 atom stereocenters. The van der Waals surface area contributed by atoms with Crippen LogP contribution in [0, 0.1) is 0 Å². The smallest absolute Gasteiger partial charge is 0.246 e. The number of carbonyl (C=O) groups excluding carboxylic acids is 2. The van der Waals surface area contributed by atoms with E-state index < -0.39 is 0 Å². The van der Waals surface area contributed by atoms with Crippen LogP contribution in [0.1, 0.15) is 5.82 Å². The summed E-state index contributed by atoms with van der Waals surface area (Å²) in [5.74, 6) is 0.391. The maximum Gasteiger partial charge on any atom is 0.246 e. The first-order valence-corrected chi connectivity index (χ1v) is 5.28. The van der Waals surface area contributed by atoms with Gasteiger partial charge >= 0.3 is 0 Å². The molecule has 0 saturated carbocycles. The summed E-state index contributed by atoms with van der Waals surface area (Å²) in [6.45, 7) is 0.343. The van der Waals surface area contributed by atoms with Crippen molar-refractivity contribution in [1.82, 2.24) is 15.3 Å². The molecule has 96 valence electrons. The summed E-state index contributed by atoms with van der Waals surface area (Å²) in [5.41, 5.74) is 5.65. The molecule has 8 nitrogen and oxygen atoms in total. The number of hydrogen-bond acceptors (Lipinski definition) is 7. The summed E-state index contributed by atoms with van der Waals surface area (Å²) >= 11 is 0. The molecule has 1 aromatic heterocycles. The van der Waals surface area contributed by atoms with Crippen molar-refractivity contribution in [3.8, 4) is 0 Å². The molecule has 3 N–H and O–H groups in total. The van der Waals surface area contributed by atoms with E-state index in [1.807, 2.05) is 0 Å². The van der Waals surface area contributed by atoms with Crippen molar-refractivity contribution < 1.29 is 14.3 Å². The average Bonchev–Trinajstić information content (AvgIpc) is 2.27. The number of imide groups is 1. The van der Waals surface area contributed by atoms with Crippen molar-refractivity contribution in [3.05, 3.63) is 11.9 Å². The maximum atomic E-state index is 11.3. The molecule has 1 fully saturated rings. The summed E-state index contributed by atoms with van der Waals surface area (Å²) in [4.78, 5) is 32.3.